The van der Waals surface area contributed by atoms with E-state index in [1.54, 1.807) is 24.2 Å². The van der Waals surface area contributed by atoms with Gasteiger partial charge in [0, 0.05) is 12.6 Å². The van der Waals surface area contributed by atoms with Gasteiger partial charge in [-0.1, -0.05) is 6.07 Å². The van der Waals surface area contributed by atoms with Gasteiger partial charge in [-0.15, -0.1) is 0 Å². The summed E-state index contributed by atoms with van der Waals surface area (Å²) in [5.41, 5.74) is 1.39. The maximum absolute atomic E-state index is 13.0. The Labute approximate surface area is 221 Å². The predicted molar refractivity (Wildman–Crippen MR) is 144 cm³/mol. The van der Waals surface area contributed by atoms with Crippen LogP contribution in [0.1, 0.15) is 30.9 Å². The van der Waals surface area contributed by atoms with Crippen molar-refractivity contribution in [1.29, 1.82) is 0 Å². The van der Waals surface area contributed by atoms with Crippen molar-refractivity contribution in [2.24, 2.45) is 0 Å². The summed E-state index contributed by atoms with van der Waals surface area (Å²) in [7, 11) is 1.62. The number of amides is 1. The fourth-order valence-corrected chi connectivity index (χ4v) is 4.07. The maximum Gasteiger partial charge on any atom is 0.276 e. The summed E-state index contributed by atoms with van der Waals surface area (Å²) in [6.45, 7) is 5.65. The third kappa shape index (κ3) is 6.62. The molecule has 194 valence electrons. The molecule has 0 atom stereocenters. The van der Waals surface area contributed by atoms with E-state index in [9.17, 15) is 4.79 Å². The van der Waals surface area contributed by atoms with Crippen LogP contribution in [0.15, 0.2) is 64.7 Å². The Morgan fingerprint density at radius 1 is 0.946 bits per heavy atom. The molecule has 2 heterocycles. The molecule has 4 rings (SSSR count). The Hall–Kier alpha value is -3.98. The van der Waals surface area contributed by atoms with Crippen LogP contribution in [0.5, 0.6) is 23.0 Å². The first-order valence-corrected chi connectivity index (χ1v) is 12.5. The average molecular weight is 523 g/mol. The van der Waals surface area contributed by atoms with Crippen LogP contribution < -0.4 is 24.3 Å². The molecule has 1 aliphatic rings. The highest BCUT2D eigenvalue weighted by atomic mass is 32.1. The molecule has 0 radical (unpaired) electrons. The fraction of sp³-hybridized carbons (Fsp3) is 0.286. The summed E-state index contributed by atoms with van der Waals surface area (Å²) in [6, 6.07) is 16.7. The van der Waals surface area contributed by atoms with E-state index in [1.807, 2.05) is 62.4 Å². The maximum atomic E-state index is 13.0. The number of methoxy groups -OCH3 is 1. The predicted octanol–water partition coefficient (Wildman–Crippen LogP) is 4.96. The average Bonchev–Trinajstić information content (AvgIpc) is 3.46. The van der Waals surface area contributed by atoms with Crippen molar-refractivity contribution < 1.29 is 28.2 Å². The minimum atomic E-state index is -0.201. The number of nitrogens with zero attached hydrogens (tertiary/aromatic N) is 1. The molecule has 0 unspecified atom stereocenters. The van der Waals surface area contributed by atoms with Crippen LogP contribution in [0.25, 0.3) is 6.08 Å². The molecule has 9 heteroatoms. The molecule has 2 aromatic carbocycles. The van der Waals surface area contributed by atoms with Gasteiger partial charge in [-0.3, -0.25) is 9.69 Å². The zero-order valence-corrected chi connectivity index (χ0v) is 21.9. The van der Waals surface area contributed by atoms with Crippen molar-refractivity contribution in [3.8, 4) is 23.0 Å². The number of hydrogen-bond acceptors (Lipinski definition) is 7. The largest absolute Gasteiger partial charge is 0.497 e. The molecule has 1 aliphatic heterocycles. The van der Waals surface area contributed by atoms with Gasteiger partial charge in [0.1, 0.15) is 35.3 Å². The van der Waals surface area contributed by atoms with Crippen molar-refractivity contribution in [1.82, 2.24) is 10.2 Å². The van der Waals surface area contributed by atoms with E-state index < -0.39 is 0 Å². The van der Waals surface area contributed by atoms with Crippen LogP contribution in [0, 0.1) is 0 Å². The summed E-state index contributed by atoms with van der Waals surface area (Å²) in [5, 5.41) is 3.36. The number of hydrogen-bond donors (Lipinski definition) is 1. The molecule has 8 nitrogen and oxygen atoms in total. The smallest absolute Gasteiger partial charge is 0.276 e. The van der Waals surface area contributed by atoms with Gasteiger partial charge in [0.2, 0.25) is 0 Å². The Bertz CT molecular complexity index is 1270. The molecule has 0 aliphatic carbocycles. The summed E-state index contributed by atoms with van der Waals surface area (Å²) in [4.78, 5) is 14.6. The number of carbonyl (C=O) groups excluding carboxylic acids is 1. The van der Waals surface area contributed by atoms with E-state index in [2.05, 4.69) is 5.32 Å². The Morgan fingerprint density at radius 2 is 1.68 bits per heavy atom. The van der Waals surface area contributed by atoms with Crippen LogP contribution >= 0.6 is 12.2 Å². The van der Waals surface area contributed by atoms with Gasteiger partial charge in [-0.2, -0.15) is 0 Å². The molecule has 1 amide bonds. The number of nitrogens with one attached hydrogen (secondary N) is 1. The SMILES string of the molecule is CCOc1ccc(CCN2C(=O)/C(=C\c3ccc(COc4ccc(OC)cc4)o3)NC2=S)cc1OCC. The van der Waals surface area contributed by atoms with Crippen molar-refractivity contribution in [3.05, 3.63) is 77.4 Å². The molecule has 3 aromatic rings. The summed E-state index contributed by atoms with van der Waals surface area (Å²) in [6.07, 6.45) is 2.26. The zero-order chi connectivity index (χ0) is 26.2. The van der Waals surface area contributed by atoms with E-state index in [1.165, 1.54) is 0 Å². The third-order valence-electron chi connectivity index (χ3n) is 5.60. The monoisotopic (exact) mass is 522 g/mol. The number of rotatable bonds is 12. The molecule has 1 fully saturated rings. The highest BCUT2D eigenvalue weighted by Gasteiger charge is 2.30. The number of ether oxygens (including phenoxy) is 4. The van der Waals surface area contributed by atoms with Crippen molar-refractivity contribution >= 4 is 29.3 Å². The van der Waals surface area contributed by atoms with Crippen LogP contribution in [0.4, 0.5) is 0 Å². The second-order valence-corrected chi connectivity index (χ2v) is 8.50. The minimum Gasteiger partial charge on any atom is -0.497 e. The minimum absolute atomic E-state index is 0.201. The molecule has 0 spiro atoms. The van der Waals surface area contributed by atoms with Gasteiger partial charge in [0.15, 0.2) is 16.6 Å². The lowest BCUT2D eigenvalue weighted by Gasteiger charge is -2.15. The fourth-order valence-electron chi connectivity index (χ4n) is 3.78. The number of thiocarbonyl (C=S) groups is 1. The lowest BCUT2D eigenvalue weighted by Crippen LogP contribution is -2.32. The Balaban J connectivity index is 1.35. The Morgan fingerprint density at radius 3 is 2.41 bits per heavy atom. The second kappa shape index (κ2) is 12.3. The summed E-state index contributed by atoms with van der Waals surface area (Å²) >= 11 is 5.42. The third-order valence-corrected chi connectivity index (χ3v) is 5.93. The van der Waals surface area contributed by atoms with Gasteiger partial charge in [-0.05, 0) is 86.6 Å². The van der Waals surface area contributed by atoms with Crippen LogP contribution in [-0.4, -0.2) is 42.8 Å². The Kier molecular flexibility index (Phi) is 8.68. The molecular weight excluding hydrogens is 492 g/mol. The normalized spacial score (nSPS) is 14.1. The topological polar surface area (TPSA) is 82.4 Å². The molecule has 1 aromatic heterocycles. The number of carbonyl (C=O) groups is 1. The highest BCUT2D eigenvalue weighted by molar-refractivity contribution is 7.80. The second-order valence-electron chi connectivity index (χ2n) is 8.11. The van der Waals surface area contributed by atoms with Crippen molar-refractivity contribution in [2.45, 2.75) is 26.9 Å². The summed E-state index contributed by atoms with van der Waals surface area (Å²) < 4.78 is 28.1. The number of furan rings is 1. The molecule has 37 heavy (non-hydrogen) atoms. The van der Waals surface area contributed by atoms with Gasteiger partial charge in [-0.25, -0.2) is 0 Å². The lowest BCUT2D eigenvalue weighted by atomic mass is 10.1. The van der Waals surface area contributed by atoms with E-state index in [0.29, 0.717) is 65.8 Å². The van der Waals surface area contributed by atoms with Crippen molar-refractivity contribution in [2.75, 3.05) is 26.9 Å². The molecular formula is C28H30N2O6S. The quantitative estimate of drug-likeness (QED) is 0.264. The van der Waals surface area contributed by atoms with Gasteiger partial charge in [0.05, 0.1) is 20.3 Å². The zero-order valence-electron chi connectivity index (χ0n) is 21.1. The van der Waals surface area contributed by atoms with E-state index in [4.69, 9.17) is 35.6 Å². The van der Waals surface area contributed by atoms with Crippen molar-refractivity contribution in [3.63, 3.8) is 0 Å². The van der Waals surface area contributed by atoms with Gasteiger partial charge >= 0.3 is 0 Å². The molecule has 0 saturated carbocycles. The van der Waals surface area contributed by atoms with Crippen LogP contribution in [-0.2, 0) is 17.8 Å². The number of benzene rings is 2. The van der Waals surface area contributed by atoms with Crippen LogP contribution in [0.3, 0.4) is 0 Å². The van der Waals surface area contributed by atoms with Crippen LogP contribution in [0.2, 0.25) is 0 Å². The standard InChI is InChI=1S/C28H30N2O6S/c1-4-33-25-13-6-19(16-26(25)34-5-2)14-15-30-27(31)24(29-28(30)37)17-22-11-12-23(36-22)18-35-21-9-7-20(32-3)8-10-21/h6-13,16-17H,4-5,14-15,18H2,1-3H3,(H,29,37)/b24-17+. The molecule has 1 N–H and O–H groups in total. The first-order chi connectivity index (χ1) is 18.0. The lowest BCUT2D eigenvalue weighted by molar-refractivity contribution is -0.122. The van der Waals surface area contributed by atoms with E-state index >= 15 is 0 Å². The molecule has 1 saturated heterocycles. The van der Waals surface area contributed by atoms with Gasteiger partial charge < -0.3 is 28.7 Å². The molecule has 0 bridgehead atoms. The first-order valence-electron chi connectivity index (χ1n) is 12.1. The summed E-state index contributed by atoms with van der Waals surface area (Å²) in [5.74, 6) is 3.82. The van der Waals surface area contributed by atoms with Gasteiger partial charge in [0.25, 0.3) is 5.91 Å². The van der Waals surface area contributed by atoms with E-state index in [-0.39, 0.29) is 12.5 Å². The highest BCUT2D eigenvalue weighted by Crippen LogP contribution is 2.29. The first kappa shape index (κ1) is 26.1. The van der Waals surface area contributed by atoms with E-state index in [0.717, 1.165) is 11.3 Å².